The number of hydrogen-bond donors (Lipinski definition) is 0. The molecule has 0 atom stereocenters. The average Bonchev–Trinajstić information content (AvgIpc) is 3.32. The molecule has 128 valence electrons. The maximum absolute atomic E-state index is 12.8. The number of rotatable bonds is 4. The number of pyridine rings is 1. The largest absolute Gasteiger partial charge is 0.416 e. The summed E-state index contributed by atoms with van der Waals surface area (Å²) >= 11 is 0. The highest BCUT2D eigenvalue weighted by molar-refractivity contribution is 7.90. The second kappa shape index (κ2) is 6.08. The predicted molar refractivity (Wildman–Crippen MR) is 81.3 cm³/mol. The van der Waals surface area contributed by atoms with Crippen molar-refractivity contribution in [1.82, 2.24) is 4.57 Å². The Morgan fingerprint density at radius 2 is 1.88 bits per heavy atom. The minimum atomic E-state index is -4.61. The SMILES string of the molecule is O=S(=O)(/N=c1\ccccn1CC1CC1)c1cccc(C(F)(F)F)c1. The highest BCUT2D eigenvalue weighted by atomic mass is 32.2. The van der Waals surface area contributed by atoms with E-state index in [0.717, 1.165) is 31.0 Å². The quantitative estimate of drug-likeness (QED) is 0.845. The standard InChI is InChI=1S/C16H15F3N2O2S/c17-16(18,19)13-4-3-5-14(10-13)24(22,23)20-15-6-1-2-9-21(15)11-12-7-8-12/h1-6,9-10,12H,7-8,11H2/b20-15+. The molecule has 4 nitrogen and oxygen atoms in total. The molecule has 0 spiro atoms. The van der Waals surface area contributed by atoms with Crippen molar-refractivity contribution in [2.75, 3.05) is 0 Å². The molecule has 1 fully saturated rings. The summed E-state index contributed by atoms with van der Waals surface area (Å²) in [5.74, 6) is 0.502. The molecule has 8 heteroatoms. The molecule has 1 aromatic heterocycles. The molecule has 0 radical (unpaired) electrons. The Bertz CT molecular complexity index is 913. The van der Waals surface area contributed by atoms with Crippen LogP contribution in [0, 0.1) is 5.92 Å². The Morgan fingerprint density at radius 1 is 1.12 bits per heavy atom. The fraction of sp³-hybridized carbons (Fsp3) is 0.312. The molecule has 1 saturated carbocycles. The average molecular weight is 356 g/mol. The molecule has 2 aromatic rings. The Morgan fingerprint density at radius 3 is 2.54 bits per heavy atom. The van der Waals surface area contributed by atoms with E-state index in [4.69, 9.17) is 0 Å². The summed E-state index contributed by atoms with van der Waals surface area (Å²) in [7, 11) is -4.23. The molecular formula is C16H15F3N2O2S. The van der Waals surface area contributed by atoms with Crippen molar-refractivity contribution in [2.45, 2.75) is 30.5 Å². The zero-order chi connectivity index (χ0) is 17.4. The number of alkyl halides is 3. The van der Waals surface area contributed by atoms with Crippen LogP contribution in [0.1, 0.15) is 18.4 Å². The molecule has 0 N–H and O–H groups in total. The summed E-state index contributed by atoms with van der Waals surface area (Å²) in [6, 6.07) is 8.55. The molecule has 0 saturated heterocycles. The monoisotopic (exact) mass is 356 g/mol. The van der Waals surface area contributed by atoms with Gasteiger partial charge in [-0.25, -0.2) is 0 Å². The van der Waals surface area contributed by atoms with Gasteiger partial charge in [-0.15, -0.1) is 4.40 Å². The minimum absolute atomic E-state index is 0.210. The van der Waals surface area contributed by atoms with Gasteiger partial charge >= 0.3 is 6.18 Å². The summed E-state index contributed by atoms with van der Waals surface area (Å²) in [5.41, 5.74) is -0.806. The minimum Gasteiger partial charge on any atom is -0.332 e. The van der Waals surface area contributed by atoms with Crippen LogP contribution < -0.4 is 5.49 Å². The topological polar surface area (TPSA) is 51.4 Å². The smallest absolute Gasteiger partial charge is 0.332 e. The summed E-state index contributed by atoms with van der Waals surface area (Å²) in [5, 5.41) is 0. The molecule has 0 amide bonds. The van der Waals surface area contributed by atoms with E-state index >= 15 is 0 Å². The molecule has 24 heavy (non-hydrogen) atoms. The van der Waals surface area contributed by atoms with Crippen molar-refractivity contribution in [1.29, 1.82) is 0 Å². The second-order valence-corrected chi connectivity index (χ2v) is 7.35. The maximum Gasteiger partial charge on any atom is 0.416 e. The second-order valence-electron chi connectivity index (χ2n) is 5.75. The van der Waals surface area contributed by atoms with Gasteiger partial charge in [-0.05, 0) is 49.1 Å². The fourth-order valence-corrected chi connectivity index (χ4v) is 3.34. The first-order valence-corrected chi connectivity index (χ1v) is 8.83. The first-order chi connectivity index (χ1) is 11.3. The Hall–Kier alpha value is -2.09. The van der Waals surface area contributed by atoms with E-state index in [9.17, 15) is 21.6 Å². The van der Waals surface area contributed by atoms with Crippen molar-refractivity contribution in [3.8, 4) is 0 Å². The van der Waals surface area contributed by atoms with Crippen LogP contribution in [0.2, 0.25) is 0 Å². The van der Waals surface area contributed by atoms with Crippen molar-refractivity contribution in [3.05, 3.63) is 59.7 Å². The van der Waals surface area contributed by atoms with Gasteiger partial charge in [0.25, 0.3) is 10.0 Å². The van der Waals surface area contributed by atoms with Crippen LogP contribution in [0.5, 0.6) is 0 Å². The van der Waals surface area contributed by atoms with Crippen molar-refractivity contribution < 1.29 is 21.6 Å². The van der Waals surface area contributed by atoms with Crippen LogP contribution in [0.25, 0.3) is 0 Å². The fourth-order valence-electron chi connectivity index (χ4n) is 2.29. The summed E-state index contributed by atoms with van der Waals surface area (Å²) in [6.45, 7) is 0.651. The zero-order valence-corrected chi connectivity index (χ0v) is 13.4. The first-order valence-electron chi connectivity index (χ1n) is 7.39. The van der Waals surface area contributed by atoms with Crippen LogP contribution in [0.3, 0.4) is 0 Å². The molecule has 0 unspecified atom stereocenters. The van der Waals surface area contributed by atoms with Gasteiger partial charge in [-0.1, -0.05) is 12.1 Å². The molecule has 1 aliphatic rings. The van der Waals surface area contributed by atoms with E-state index in [1.54, 1.807) is 22.9 Å². The zero-order valence-electron chi connectivity index (χ0n) is 12.6. The van der Waals surface area contributed by atoms with Crippen LogP contribution in [0.15, 0.2) is 58.0 Å². The normalized spacial score (nSPS) is 16.4. The molecule has 1 aromatic carbocycles. The first kappa shape index (κ1) is 16.8. The predicted octanol–water partition coefficient (Wildman–Crippen LogP) is 3.21. The molecule has 0 aliphatic heterocycles. The molecule has 1 aliphatic carbocycles. The lowest BCUT2D eigenvalue weighted by atomic mass is 10.2. The van der Waals surface area contributed by atoms with Gasteiger partial charge in [0, 0.05) is 12.7 Å². The van der Waals surface area contributed by atoms with E-state index in [2.05, 4.69) is 4.40 Å². The van der Waals surface area contributed by atoms with Gasteiger partial charge in [0.15, 0.2) is 0 Å². The third kappa shape index (κ3) is 3.87. The van der Waals surface area contributed by atoms with Gasteiger partial charge in [-0.2, -0.15) is 21.6 Å². The third-order valence-corrected chi connectivity index (χ3v) is 5.02. The van der Waals surface area contributed by atoms with Crippen LogP contribution in [-0.2, 0) is 22.7 Å². The number of aromatic nitrogens is 1. The van der Waals surface area contributed by atoms with Gasteiger partial charge in [-0.3, -0.25) is 0 Å². The molecule has 1 heterocycles. The Balaban J connectivity index is 2.03. The maximum atomic E-state index is 12.8. The highest BCUT2D eigenvalue weighted by Crippen LogP contribution is 2.31. The van der Waals surface area contributed by atoms with Crippen molar-refractivity contribution in [3.63, 3.8) is 0 Å². The Kier molecular flexibility index (Phi) is 4.25. The van der Waals surface area contributed by atoms with Crippen LogP contribution in [-0.4, -0.2) is 13.0 Å². The lowest BCUT2D eigenvalue weighted by molar-refractivity contribution is -0.137. The van der Waals surface area contributed by atoms with Crippen LogP contribution in [0.4, 0.5) is 13.2 Å². The number of benzene rings is 1. The molecule has 0 bridgehead atoms. The number of sulfonamides is 1. The number of nitrogens with zero attached hydrogens (tertiary/aromatic N) is 2. The summed E-state index contributed by atoms with van der Waals surface area (Å²) < 4.78 is 68.5. The number of halogens is 3. The van der Waals surface area contributed by atoms with E-state index in [-0.39, 0.29) is 5.49 Å². The molecular weight excluding hydrogens is 341 g/mol. The highest BCUT2D eigenvalue weighted by Gasteiger charge is 2.31. The van der Waals surface area contributed by atoms with E-state index in [0.29, 0.717) is 18.5 Å². The van der Waals surface area contributed by atoms with Crippen molar-refractivity contribution in [2.24, 2.45) is 10.3 Å². The van der Waals surface area contributed by atoms with E-state index in [1.807, 2.05) is 0 Å². The van der Waals surface area contributed by atoms with Gasteiger partial charge < -0.3 is 4.57 Å². The number of hydrogen-bond acceptors (Lipinski definition) is 2. The van der Waals surface area contributed by atoms with E-state index in [1.165, 1.54) is 6.07 Å². The van der Waals surface area contributed by atoms with Gasteiger partial charge in [0.2, 0.25) is 0 Å². The lowest BCUT2D eigenvalue weighted by Gasteiger charge is -2.08. The lowest BCUT2D eigenvalue weighted by Crippen LogP contribution is -2.22. The Labute approximate surface area is 137 Å². The summed E-state index contributed by atoms with van der Waals surface area (Å²) in [4.78, 5) is -0.473. The van der Waals surface area contributed by atoms with Crippen molar-refractivity contribution >= 4 is 10.0 Å². The van der Waals surface area contributed by atoms with Gasteiger partial charge in [0.1, 0.15) is 5.49 Å². The van der Waals surface area contributed by atoms with E-state index < -0.39 is 26.7 Å². The van der Waals surface area contributed by atoms with Crippen LogP contribution >= 0.6 is 0 Å². The summed E-state index contributed by atoms with van der Waals surface area (Å²) in [6.07, 6.45) is -0.716. The third-order valence-electron chi connectivity index (χ3n) is 3.74. The van der Waals surface area contributed by atoms with Gasteiger partial charge in [0.05, 0.1) is 10.5 Å². The molecule has 3 rings (SSSR count).